The topological polar surface area (TPSA) is 134 Å². The van der Waals surface area contributed by atoms with Crippen molar-refractivity contribution in [1.29, 1.82) is 5.26 Å². The van der Waals surface area contributed by atoms with Crippen LogP contribution in [-0.4, -0.2) is 91.1 Å². The van der Waals surface area contributed by atoms with Crippen molar-refractivity contribution in [2.24, 2.45) is 0 Å². The lowest BCUT2D eigenvalue weighted by atomic mass is 9.71. The van der Waals surface area contributed by atoms with Crippen molar-refractivity contribution in [3.8, 4) is 34.8 Å². The maximum Gasteiger partial charge on any atom is 0.261 e. The first kappa shape index (κ1) is 30.5. The number of benzene rings is 3. The number of ether oxygens (including phenoxy) is 5. The average Bonchev–Trinajstić information content (AvgIpc) is 3.66. The molecule has 12 heteroatoms. The van der Waals surface area contributed by atoms with Crippen LogP contribution in [-0.2, 0) is 17.6 Å². The van der Waals surface area contributed by atoms with Gasteiger partial charge in [0.15, 0.2) is 29.8 Å². The van der Waals surface area contributed by atoms with Crippen LogP contribution in [0.5, 0.6) is 28.7 Å². The molecule has 0 spiro atoms. The van der Waals surface area contributed by atoms with E-state index in [4.69, 9.17) is 23.7 Å². The SMILES string of the molecule is COCOc1c(OC)c(C)cc2c1[C@@H]1C3Cc4c(O)c(C)c5c(c4C(CN4C(=O)c6ccccc6C4=O)N3C(C#N)[C@H](C2)N1C)OCO5. The molecule has 5 aliphatic heterocycles. The molecule has 3 aromatic carbocycles. The molecule has 1 fully saturated rings. The number of hydrogen-bond acceptors (Lipinski definition) is 11. The number of carbonyl (C=O) groups is 2. The molecule has 0 aromatic heterocycles. The second-order valence-corrected chi connectivity index (χ2v) is 13.1. The highest BCUT2D eigenvalue weighted by Gasteiger charge is 2.57. The van der Waals surface area contributed by atoms with Crippen LogP contribution < -0.4 is 18.9 Å². The van der Waals surface area contributed by atoms with E-state index in [1.807, 2.05) is 14.0 Å². The number of aromatic hydroxyl groups is 1. The minimum Gasteiger partial charge on any atom is -0.507 e. The summed E-state index contributed by atoms with van der Waals surface area (Å²) in [7, 11) is 5.20. The zero-order chi connectivity index (χ0) is 33.6. The van der Waals surface area contributed by atoms with Crippen LogP contribution >= 0.6 is 0 Å². The summed E-state index contributed by atoms with van der Waals surface area (Å²) in [5.41, 5.74) is 5.42. The fourth-order valence-electron chi connectivity index (χ4n) is 8.84. The molecule has 0 radical (unpaired) electrons. The summed E-state index contributed by atoms with van der Waals surface area (Å²) < 4.78 is 29.4. The summed E-state index contributed by atoms with van der Waals surface area (Å²) >= 11 is 0. The summed E-state index contributed by atoms with van der Waals surface area (Å²) in [6.07, 6.45) is 0.915. The minimum absolute atomic E-state index is 0.00990. The van der Waals surface area contributed by atoms with Gasteiger partial charge in [-0.25, -0.2) is 0 Å². The Morgan fingerprint density at radius 3 is 2.38 bits per heavy atom. The van der Waals surface area contributed by atoms with Crippen molar-refractivity contribution in [2.45, 2.75) is 56.9 Å². The highest BCUT2D eigenvalue weighted by atomic mass is 16.7. The number of aryl methyl sites for hydroxylation is 1. The number of likely N-dealkylation sites (N-methyl/N-ethyl adjacent to an activating group) is 1. The Balaban J connectivity index is 1.35. The zero-order valence-corrected chi connectivity index (χ0v) is 27.4. The standard InChI is InChI=1S/C36H36N4O8/c1-17-10-19-11-23-25(13-37)40-24(29(38(23)3)27(19)33(31(17)45-5)46-15-44-4)12-22-28(34-32(47-16-48-34)18(2)30(22)41)26(40)14-39-35(42)20-8-6-7-9-21(20)36(39)43/h6-10,23-26,29,41H,11-12,14-16H2,1-5H3/t23-,24?,25?,26?,29-/m0/s1. The van der Waals surface area contributed by atoms with Crippen molar-refractivity contribution < 1.29 is 38.4 Å². The van der Waals surface area contributed by atoms with Crippen LogP contribution in [0.1, 0.15) is 66.2 Å². The van der Waals surface area contributed by atoms with E-state index in [-0.39, 0.29) is 44.0 Å². The van der Waals surface area contributed by atoms with Gasteiger partial charge < -0.3 is 28.8 Å². The van der Waals surface area contributed by atoms with Crippen molar-refractivity contribution in [3.05, 3.63) is 74.8 Å². The summed E-state index contributed by atoms with van der Waals surface area (Å²) in [6.45, 7) is 3.69. The molecule has 5 atom stereocenters. The quantitative estimate of drug-likeness (QED) is 0.308. The van der Waals surface area contributed by atoms with Crippen LogP contribution in [0.3, 0.4) is 0 Å². The summed E-state index contributed by atoms with van der Waals surface area (Å²) in [5.74, 6) is 1.37. The number of rotatable bonds is 6. The average molecular weight is 653 g/mol. The molecule has 2 bridgehead atoms. The Kier molecular flexibility index (Phi) is 7.07. The highest BCUT2D eigenvalue weighted by Crippen LogP contribution is 2.58. The van der Waals surface area contributed by atoms with Gasteiger partial charge in [0.25, 0.3) is 11.8 Å². The third kappa shape index (κ3) is 4.04. The third-order valence-electron chi connectivity index (χ3n) is 10.8. The largest absolute Gasteiger partial charge is 0.507 e. The molecule has 1 saturated heterocycles. The monoisotopic (exact) mass is 652 g/mol. The fourth-order valence-corrected chi connectivity index (χ4v) is 8.84. The smallest absolute Gasteiger partial charge is 0.261 e. The molecular weight excluding hydrogens is 616 g/mol. The van der Waals surface area contributed by atoms with Gasteiger partial charge in [0.2, 0.25) is 6.79 Å². The van der Waals surface area contributed by atoms with E-state index in [9.17, 15) is 20.0 Å². The van der Waals surface area contributed by atoms with Crippen LogP contribution in [0.15, 0.2) is 30.3 Å². The van der Waals surface area contributed by atoms with Gasteiger partial charge in [0.05, 0.1) is 36.4 Å². The second kappa shape index (κ2) is 11.1. The third-order valence-corrected chi connectivity index (χ3v) is 10.8. The van der Waals surface area contributed by atoms with E-state index in [1.165, 1.54) is 4.90 Å². The van der Waals surface area contributed by atoms with Gasteiger partial charge in [-0.05, 0) is 57.0 Å². The first-order chi connectivity index (χ1) is 23.2. The normalized spacial score (nSPS) is 25.2. The summed E-state index contributed by atoms with van der Waals surface area (Å²) in [6, 6.07) is 9.25. The molecule has 3 aromatic rings. The number of hydrogen-bond donors (Lipinski definition) is 1. The molecule has 12 nitrogen and oxygen atoms in total. The number of fused-ring (bicyclic) bond motifs is 10. The maximum absolute atomic E-state index is 13.8. The number of amides is 2. The number of phenols is 1. The maximum atomic E-state index is 13.8. The van der Waals surface area contributed by atoms with Gasteiger partial charge >= 0.3 is 0 Å². The molecule has 5 aliphatic rings. The number of nitrogens with zero attached hydrogens (tertiary/aromatic N) is 4. The van der Waals surface area contributed by atoms with E-state index in [0.29, 0.717) is 63.7 Å². The van der Waals surface area contributed by atoms with Crippen LogP contribution in [0.4, 0.5) is 0 Å². The van der Waals surface area contributed by atoms with Crippen molar-refractivity contribution in [3.63, 3.8) is 0 Å². The van der Waals surface area contributed by atoms with E-state index < -0.39 is 23.9 Å². The molecule has 8 rings (SSSR count). The molecule has 1 N–H and O–H groups in total. The van der Waals surface area contributed by atoms with E-state index >= 15 is 0 Å². The molecule has 0 saturated carbocycles. The number of piperazine rings is 1. The van der Waals surface area contributed by atoms with Crippen LogP contribution in [0.2, 0.25) is 0 Å². The molecule has 0 aliphatic carbocycles. The van der Waals surface area contributed by atoms with E-state index in [2.05, 4.69) is 21.9 Å². The highest BCUT2D eigenvalue weighted by molar-refractivity contribution is 6.21. The lowest BCUT2D eigenvalue weighted by Gasteiger charge is -2.60. The van der Waals surface area contributed by atoms with Gasteiger partial charge in [-0.2, -0.15) is 5.26 Å². The number of imide groups is 1. The Morgan fingerprint density at radius 1 is 1.00 bits per heavy atom. The predicted molar refractivity (Wildman–Crippen MR) is 170 cm³/mol. The first-order valence-electron chi connectivity index (χ1n) is 16.0. The number of carbonyl (C=O) groups excluding carboxylic acids is 2. The Bertz CT molecular complexity index is 1900. The van der Waals surface area contributed by atoms with Gasteiger partial charge in [-0.3, -0.25) is 24.3 Å². The van der Waals surface area contributed by atoms with Gasteiger partial charge in [-0.1, -0.05) is 18.2 Å². The molecule has 3 unspecified atom stereocenters. The molecule has 48 heavy (non-hydrogen) atoms. The fraction of sp³-hybridized carbons (Fsp3) is 0.417. The molecule has 2 amide bonds. The van der Waals surface area contributed by atoms with Crippen molar-refractivity contribution in [1.82, 2.24) is 14.7 Å². The first-order valence-corrected chi connectivity index (χ1v) is 16.0. The van der Waals surface area contributed by atoms with Crippen molar-refractivity contribution in [2.75, 3.05) is 41.4 Å². The molecule has 5 heterocycles. The molecule has 248 valence electrons. The van der Waals surface area contributed by atoms with Gasteiger partial charge in [0, 0.05) is 48.0 Å². The Morgan fingerprint density at radius 2 is 1.71 bits per heavy atom. The molecular formula is C36H36N4O8. The van der Waals surface area contributed by atoms with Gasteiger partial charge in [0.1, 0.15) is 11.8 Å². The summed E-state index contributed by atoms with van der Waals surface area (Å²) in [4.78, 5) is 33.2. The lowest BCUT2D eigenvalue weighted by Crippen LogP contribution is -2.69. The van der Waals surface area contributed by atoms with Crippen LogP contribution in [0, 0.1) is 25.2 Å². The lowest BCUT2D eigenvalue weighted by molar-refractivity contribution is -0.0766. The summed E-state index contributed by atoms with van der Waals surface area (Å²) in [5, 5.41) is 22.7. The minimum atomic E-state index is -0.691. The Labute approximate surface area is 277 Å². The van der Waals surface area contributed by atoms with E-state index in [1.54, 1.807) is 45.4 Å². The van der Waals surface area contributed by atoms with Gasteiger partial charge in [-0.15, -0.1) is 0 Å². The number of nitriles is 1. The zero-order valence-electron chi connectivity index (χ0n) is 27.4. The van der Waals surface area contributed by atoms with E-state index in [0.717, 1.165) is 16.7 Å². The van der Waals surface area contributed by atoms with Crippen molar-refractivity contribution >= 4 is 11.8 Å². The number of phenolic OH excluding ortho intramolecular Hbond substituents is 1. The predicted octanol–water partition coefficient (Wildman–Crippen LogP) is 3.80. The number of methoxy groups -OCH3 is 2. The van der Waals surface area contributed by atoms with Crippen LogP contribution in [0.25, 0.3) is 0 Å². The second-order valence-electron chi connectivity index (χ2n) is 13.1. The Hall–Kier alpha value is -4.83.